The van der Waals surface area contributed by atoms with Crippen molar-refractivity contribution in [1.82, 2.24) is 25.0 Å². The number of carbonyl (C=O) groups excluding carboxylic acids is 2. The second kappa shape index (κ2) is 15.4. The van der Waals surface area contributed by atoms with Crippen LogP contribution < -0.4 is 10.1 Å². The number of halogens is 1. The third-order valence-electron chi connectivity index (χ3n) is 8.78. The van der Waals surface area contributed by atoms with Gasteiger partial charge in [-0.25, -0.2) is 0 Å². The number of hydrogen-bond acceptors (Lipinski definition) is 5. The molecule has 8 nitrogen and oxygen atoms in total. The predicted molar refractivity (Wildman–Crippen MR) is 170 cm³/mol. The summed E-state index contributed by atoms with van der Waals surface area (Å²) < 4.78 is 5.54. The second-order valence-electron chi connectivity index (χ2n) is 11.6. The van der Waals surface area contributed by atoms with E-state index in [0.29, 0.717) is 32.1 Å². The van der Waals surface area contributed by atoms with Gasteiger partial charge < -0.3 is 24.8 Å². The van der Waals surface area contributed by atoms with E-state index in [1.54, 1.807) is 14.0 Å². The SMILES string of the molecule is COc1ccccc1CN(C[C@@H](Cc1c[nH]c2ccccc12)NC(=O)CN1CCC(N2CCCCC2)CC1)C(C)=O.Cl. The van der Waals surface area contributed by atoms with Gasteiger partial charge in [0.2, 0.25) is 11.8 Å². The van der Waals surface area contributed by atoms with Gasteiger partial charge in [0.25, 0.3) is 0 Å². The highest BCUT2D eigenvalue weighted by molar-refractivity contribution is 5.85. The lowest BCUT2D eigenvalue weighted by Gasteiger charge is -2.40. The molecule has 0 radical (unpaired) electrons. The number of ether oxygens (including phenoxy) is 1. The van der Waals surface area contributed by atoms with Crippen LogP contribution in [0.15, 0.2) is 54.7 Å². The number of methoxy groups -OCH3 is 1. The number of H-pyrrole nitrogens is 1. The first-order valence-corrected chi connectivity index (χ1v) is 15.2. The number of rotatable bonds is 11. The Morgan fingerprint density at radius 2 is 1.71 bits per heavy atom. The predicted octanol–water partition coefficient (Wildman–Crippen LogP) is 4.62. The lowest BCUT2D eigenvalue weighted by molar-refractivity contribution is -0.131. The fourth-order valence-electron chi connectivity index (χ4n) is 6.54. The molecule has 9 heteroatoms. The average Bonchev–Trinajstić information content (AvgIpc) is 3.40. The van der Waals surface area contributed by atoms with Crippen molar-refractivity contribution in [3.05, 3.63) is 65.9 Å². The van der Waals surface area contributed by atoms with Gasteiger partial charge in [-0.15, -0.1) is 12.4 Å². The smallest absolute Gasteiger partial charge is 0.234 e. The summed E-state index contributed by atoms with van der Waals surface area (Å²) in [6.45, 7) is 7.17. The third-order valence-corrected chi connectivity index (χ3v) is 8.78. The first-order valence-electron chi connectivity index (χ1n) is 15.2. The maximum absolute atomic E-state index is 13.4. The molecular weight excluding hydrogens is 550 g/mol. The number of aromatic amines is 1. The van der Waals surface area contributed by atoms with Crippen molar-refractivity contribution in [2.24, 2.45) is 0 Å². The van der Waals surface area contributed by atoms with Gasteiger partial charge in [-0.1, -0.05) is 42.8 Å². The number of hydrogen-bond donors (Lipinski definition) is 2. The van der Waals surface area contributed by atoms with Crippen molar-refractivity contribution in [3.63, 3.8) is 0 Å². The zero-order chi connectivity index (χ0) is 28.6. The number of fused-ring (bicyclic) bond motifs is 1. The molecule has 3 aromatic rings. The number of carbonyl (C=O) groups is 2. The molecular formula is C33H46ClN5O3. The molecule has 5 rings (SSSR count). The van der Waals surface area contributed by atoms with Crippen LogP contribution in [0.5, 0.6) is 5.75 Å². The summed E-state index contributed by atoms with van der Waals surface area (Å²) in [5.41, 5.74) is 3.15. The molecule has 2 aliphatic rings. The fraction of sp³-hybridized carbons (Fsp3) is 0.515. The summed E-state index contributed by atoms with van der Waals surface area (Å²) in [6.07, 6.45) is 8.89. The minimum absolute atomic E-state index is 0. The van der Waals surface area contributed by atoms with E-state index in [9.17, 15) is 9.59 Å². The molecule has 2 amide bonds. The van der Waals surface area contributed by atoms with Gasteiger partial charge in [0, 0.05) is 61.8 Å². The Morgan fingerprint density at radius 1 is 1.00 bits per heavy atom. The molecule has 3 heterocycles. The van der Waals surface area contributed by atoms with E-state index in [1.165, 1.54) is 32.4 Å². The number of amides is 2. The van der Waals surface area contributed by atoms with Gasteiger partial charge in [-0.05, 0) is 62.9 Å². The Balaban J connectivity index is 0.00000405. The molecule has 1 aromatic heterocycles. The number of piperidine rings is 2. The van der Waals surface area contributed by atoms with E-state index in [-0.39, 0.29) is 30.3 Å². The minimum Gasteiger partial charge on any atom is -0.496 e. The minimum atomic E-state index is -0.230. The zero-order valence-corrected chi connectivity index (χ0v) is 25.8. The molecule has 42 heavy (non-hydrogen) atoms. The van der Waals surface area contributed by atoms with E-state index < -0.39 is 0 Å². The average molecular weight is 596 g/mol. The van der Waals surface area contributed by atoms with E-state index in [0.717, 1.165) is 53.7 Å². The molecule has 0 spiro atoms. The Hall–Kier alpha value is -3.07. The first-order chi connectivity index (χ1) is 20.0. The van der Waals surface area contributed by atoms with Crippen LogP contribution in [-0.2, 0) is 22.6 Å². The van der Waals surface area contributed by atoms with Gasteiger partial charge >= 0.3 is 0 Å². The standard InChI is InChI=1S/C33H45N5O3.ClH/c1-25(39)38(22-26-10-4-7-13-32(26)41-2)23-28(20-27-21-34-31-12-6-5-11-30(27)31)35-33(40)24-36-18-14-29(15-19-36)37-16-8-3-9-17-37;/h4-7,10-13,21,28-29,34H,3,8-9,14-20,22-24H2,1-2H3,(H,35,40);1H/t28-;/m1./s1. The van der Waals surface area contributed by atoms with Gasteiger partial charge in [0.1, 0.15) is 5.75 Å². The molecule has 0 unspecified atom stereocenters. The number of nitrogens with zero attached hydrogens (tertiary/aromatic N) is 3. The zero-order valence-electron chi connectivity index (χ0n) is 25.0. The van der Waals surface area contributed by atoms with Gasteiger partial charge in [-0.3, -0.25) is 14.5 Å². The summed E-state index contributed by atoms with van der Waals surface area (Å²) in [7, 11) is 1.65. The molecule has 2 N–H and O–H groups in total. The monoisotopic (exact) mass is 595 g/mol. The summed E-state index contributed by atoms with van der Waals surface area (Å²) in [4.78, 5) is 36.3. The molecule has 2 aromatic carbocycles. The van der Waals surface area contributed by atoms with Crippen LogP contribution in [0, 0.1) is 0 Å². The third kappa shape index (κ3) is 8.27. The number of para-hydroxylation sites is 2. The number of benzene rings is 2. The number of nitrogens with one attached hydrogen (secondary N) is 2. The molecule has 2 saturated heterocycles. The van der Waals surface area contributed by atoms with E-state index in [4.69, 9.17) is 4.74 Å². The van der Waals surface area contributed by atoms with Crippen LogP contribution in [-0.4, -0.2) is 90.0 Å². The lowest BCUT2D eigenvalue weighted by Crippen LogP contribution is -2.51. The number of likely N-dealkylation sites (tertiary alicyclic amines) is 2. The molecule has 0 aliphatic carbocycles. The Labute approximate surface area is 256 Å². The molecule has 1 atom stereocenters. The summed E-state index contributed by atoms with van der Waals surface area (Å²) in [5, 5.41) is 4.46. The topological polar surface area (TPSA) is 80.9 Å². The second-order valence-corrected chi connectivity index (χ2v) is 11.6. The van der Waals surface area contributed by atoms with Crippen molar-refractivity contribution in [1.29, 1.82) is 0 Å². The van der Waals surface area contributed by atoms with Crippen molar-refractivity contribution in [3.8, 4) is 5.75 Å². The quantitative estimate of drug-likeness (QED) is 0.338. The maximum Gasteiger partial charge on any atom is 0.234 e. The van der Waals surface area contributed by atoms with E-state index in [2.05, 4.69) is 32.2 Å². The fourth-order valence-corrected chi connectivity index (χ4v) is 6.54. The Bertz CT molecular complexity index is 1300. The van der Waals surface area contributed by atoms with Crippen molar-refractivity contribution >= 4 is 35.1 Å². The normalized spacial score (nSPS) is 17.4. The van der Waals surface area contributed by atoms with Gasteiger partial charge in [-0.2, -0.15) is 0 Å². The van der Waals surface area contributed by atoms with Gasteiger partial charge in [0.15, 0.2) is 0 Å². The highest BCUT2D eigenvalue weighted by atomic mass is 35.5. The highest BCUT2D eigenvalue weighted by Crippen LogP contribution is 2.23. The van der Waals surface area contributed by atoms with Crippen LogP contribution in [0.1, 0.15) is 50.2 Å². The summed E-state index contributed by atoms with van der Waals surface area (Å²) in [5.74, 6) is 0.741. The van der Waals surface area contributed by atoms with Crippen molar-refractivity contribution in [2.45, 2.75) is 64.1 Å². The van der Waals surface area contributed by atoms with Crippen LogP contribution in [0.25, 0.3) is 10.9 Å². The van der Waals surface area contributed by atoms with Crippen LogP contribution >= 0.6 is 12.4 Å². The molecule has 2 aliphatic heterocycles. The Morgan fingerprint density at radius 3 is 2.45 bits per heavy atom. The maximum atomic E-state index is 13.4. The molecule has 0 saturated carbocycles. The van der Waals surface area contributed by atoms with Gasteiger partial charge in [0.05, 0.1) is 19.7 Å². The van der Waals surface area contributed by atoms with Crippen molar-refractivity contribution < 1.29 is 14.3 Å². The van der Waals surface area contributed by atoms with Crippen LogP contribution in [0.4, 0.5) is 0 Å². The van der Waals surface area contributed by atoms with Crippen LogP contribution in [0.2, 0.25) is 0 Å². The molecule has 0 bridgehead atoms. The molecule has 2 fully saturated rings. The highest BCUT2D eigenvalue weighted by Gasteiger charge is 2.27. The summed E-state index contributed by atoms with van der Waals surface area (Å²) >= 11 is 0. The van der Waals surface area contributed by atoms with E-state index in [1.807, 2.05) is 47.5 Å². The Kier molecular flexibility index (Phi) is 11.7. The van der Waals surface area contributed by atoms with Crippen LogP contribution in [0.3, 0.4) is 0 Å². The molecule has 228 valence electrons. The number of aromatic nitrogens is 1. The summed E-state index contributed by atoms with van der Waals surface area (Å²) in [6, 6.07) is 16.4. The largest absolute Gasteiger partial charge is 0.496 e. The van der Waals surface area contributed by atoms with Crippen molar-refractivity contribution in [2.75, 3.05) is 46.4 Å². The van der Waals surface area contributed by atoms with E-state index >= 15 is 0 Å². The lowest BCUT2D eigenvalue weighted by atomic mass is 10.00. The first kappa shape index (κ1) is 31.9.